The van der Waals surface area contributed by atoms with E-state index in [-0.39, 0.29) is 11.6 Å². The second kappa shape index (κ2) is 3.86. The van der Waals surface area contributed by atoms with Crippen LogP contribution in [0.2, 0.25) is 0 Å². The Morgan fingerprint density at radius 3 is 2.71 bits per heavy atom. The summed E-state index contributed by atoms with van der Waals surface area (Å²) >= 11 is 0. The van der Waals surface area contributed by atoms with Crippen LogP contribution < -0.4 is 10.9 Å². The van der Waals surface area contributed by atoms with Crippen LogP contribution in [0, 0.1) is 6.92 Å². The van der Waals surface area contributed by atoms with Crippen LogP contribution in [-0.2, 0) is 11.3 Å². The first-order valence-corrected chi connectivity index (χ1v) is 3.90. The third kappa shape index (κ3) is 1.87. The van der Waals surface area contributed by atoms with Gasteiger partial charge in [0.25, 0.3) is 5.56 Å². The number of aromatic nitrogens is 3. The van der Waals surface area contributed by atoms with Gasteiger partial charge in [-0.1, -0.05) is 0 Å². The number of anilines is 1. The highest BCUT2D eigenvalue weighted by atomic mass is 16.4. The van der Waals surface area contributed by atoms with Crippen LogP contribution >= 0.6 is 0 Å². The van der Waals surface area contributed by atoms with E-state index in [4.69, 9.17) is 5.11 Å². The van der Waals surface area contributed by atoms with Crippen LogP contribution in [-0.4, -0.2) is 32.9 Å². The lowest BCUT2D eigenvalue weighted by molar-refractivity contribution is -0.137. The van der Waals surface area contributed by atoms with Crippen LogP contribution in [0.3, 0.4) is 0 Å². The smallest absolute Gasteiger partial charge is 0.323 e. The normalized spacial score (nSPS) is 9.86. The Kier molecular flexibility index (Phi) is 2.80. The number of nitrogens with one attached hydrogen (secondary N) is 1. The average molecular weight is 198 g/mol. The number of carboxylic acids is 1. The molecule has 14 heavy (non-hydrogen) atoms. The molecule has 1 rings (SSSR count). The zero-order valence-electron chi connectivity index (χ0n) is 7.81. The van der Waals surface area contributed by atoms with Crippen molar-refractivity contribution in [3.05, 3.63) is 16.2 Å². The number of carbonyl (C=O) groups is 1. The fourth-order valence-electron chi connectivity index (χ4n) is 0.972. The molecule has 2 N–H and O–H groups in total. The maximum absolute atomic E-state index is 11.5. The first-order chi connectivity index (χ1) is 6.56. The molecule has 7 heteroatoms. The highest BCUT2D eigenvalue weighted by Crippen LogP contribution is 1.93. The highest BCUT2D eigenvalue weighted by Gasteiger charge is 2.10. The van der Waals surface area contributed by atoms with Gasteiger partial charge in [0, 0.05) is 7.05 Å². The molecule has 7 nitrogen and oxygen atoms in total. The highest BCUT2D eigenvalue weighted by molar-refractivity contribution is 5.66. The number of nitrogens with zero attached hydrogens (tertiary/aromatic N) is 3. The first-order valence-electron chi connectivity index (χ1n) is 3.90. The van der Waals surface area contributed by atoms with Crippen molar-refractivity contribution in [2.75, 3.05) is 12.4 Å². The summed E-state index contributed by atoms with van der Waals surface area (Å²) in [4.78, 5) is 21.9. The zero-order valence-corrected chi connectivity index (χ0v) is 7.81. The van der Waals surface area contributed by atoms with Gasteiger partial charge in [-0.25, -0.2) is 0 Å². The largest absolute Gasteiger partial charge is 0.480 e. The predicted octanol–water partition coefficient (Wildman–Crippen LogP) is -0.927. The van der Waals surface area contributed by atoms with Crippen molar-refractivity contribution in [3.8, 4) is 0 Å². The fourth-order valence-corrected chi connectivity index (χ4v) is 0.972. The van der Waals surface area contributed by atoms with E-state index in [2.05, 4.69) is 15.5 Å². The van der Waals surface area contributed by atoms with E-state index in [0.29, 0.717) is 0 Å². The van der Waals surface area contributed by atoms with Crippen LogP contribution in [0.4, 0.5) is 5.82 Å². The van der Waals surface area contributed by atoms with Crippen LogP contribution in [0.15, 0.2) is 4.79 Å². The molecular formula is C7H10N4O3. The minimum atomic E-state index is -1.09. The second-order valence-corrected chi connectivity index (χ2v) is 2.63. The minimum absolute atomic E-state index is 0.0388. The van der Waals surface area contributed by atoms with Crippen LogP contribution in [0.25, 0.3) is 0 Å². The fraction of sp³-hybridized carbons (Fsp3) is 0.429. The molecule has 0 saturated carbocycles. The average Bonchev–Trinajstić information content (AvgIpc) is 2.12. The Morgan fingerprint density at radius 1 is 1.57 bits per heavy atom. The van der Waals surface area contributed by atoms with Gasteiger partial charge in [-0.15, -0.1) is 10.2 Å². The van der Waals surface area contributed by atoms with Crippen molar-refractivity contribution in [2.24, 2.45) is 0 Å². The maximum atomic E-state index is 11.5. The van der Waals surface area contributed by atoms with Gasteiger partial charge in [-0.3, -0.25) is 14.2 Å². The molecule has 0 aliphatic rings. The first kappa shape index (κ1) is 10.2. The predicted molar refractivity (Wildman–Crippen MR) is 48.2 cm³/mol. The molecule has 0 bridgehead atoms. The number of rotatable bonds is 3. The molecule has 0 aliphatic carbocycles. The summed E-state index contributed by atoms with van der Waals surface area (Å²) in [5, 5.41) is 18.3. The molecule has 0 fully saturated rings. The molecule has 0 amide bonds. The summed E-state index contributed by atoms with van der Waals surface area (Å²) in [6, 6.07) is 0. The maximum Gasteiger partial charge on any atom is 0.323 e. The Hall–Kier alpha value is -1.92. The van der Waals surface area contributed by atoms with Crippen LogP contribution in [0.1, 0.15) is 5.82 Å². The molecule has 0 radical (unpaired) electrons. The molecule has 1 heterocycles. The number of hydrogen-bond donors (Lipinski definition) is 2. The Bertz CT molecular complexity index is 412. The van der Waals surface area contributed by atoms with Gasteiger partial charge in [0.15, 0.2) is 0 Å². The van der Waals surface area contributed by atoms with Crippen molar-refractivity contribution >= 4 is 11.8 Å². The lowest BCUT2D eigenvalue weighted by atomic mass is 10.5. The van der Waals surface area contributed by atoms with Gasteiger partial charge in [0.2, 0.25) is 5.82 Å². The summed E-state index contributed by atoms with van der Waals surface area (Å²) in [5.41, 5.74) is -0.484. The standard InChI is InChI=1S/C7H10N4O3/c1-4-9-10-6(8-2)7(14)11(4)3-5(12)13/h3H2,1-2H3,(H,8,10)(H,12,13). The van der Waals surface area contributed by atoms with E-state index in [1.165, 1.54) is 14.0 Å². The Labute approximate surface area is 79.4 Å². The lowest BCUT2D eigenvalue weighted by Crippen LogP contribution is -2.30. The summed E-state index contributed by atoms with van der Waals surface area (Å²) in [6.07, 6.45) is 0. The van der Waals surface area contributed by atoms with Crippen molar-refractivity contribution < 1.29 is 9.90 Å². The van der Waals surface area contributed by atoms with Gasteiger partial charge in [0.05, 0.1) is 0 Å². The zero-order chi connectivity index (χ0) is 10.7. The minimum Gasteiger partial charge on any atom is -0.480 e. The third-order valence-electron chi connectivity index (χ3n) is 1.66. The number of aryl methyl sites for hydroxylation is 1. The molecule has 0 unspecified atom stereocenters. The van der Waals surface area contributed by atoms with Gasteiger partial charge in [0.1, 0.15) is 12.4 Å². The molecule has 0 aromatic carbocycles. The van der Waals surface area contributed by atoms with Gasteiger partial charge in [-0.2, -0.15) is 0 Å². The summed E-state index contributed by atoms with van der Waals surface area (Å²) in [5.74, 6) is -0.779. The molecule has 76 valence electrons. The van der Waals surface area contributed by atoms with Crippen molar-refractivity contribution in [2.45, 2.75) is 13.5 Å². The van der Waals surface area contributed by atoms with Crippen molar-refractivity contribution in [3.63, 3.8) is 0 Å². The second-order valence-electron chi connectivity index (χ2n) is 2.63. The van der Waals surface area contributed by atoms with E-state index in [1.807, 2.05) is 0 Å². The van der Waals surface area contributed by atoms with Gasteiger partial charge < -0.3 is 10.4 Å². The summed E-state index contributed by atoms with van der Waals surface area (Å²) in [6.45, 7) is 1.12. The third-order valence-corrected chi connectivity index (χ3v) is 1.66. The quantitative estimate of drug-likeness (QED) is 0.651. The molecule has 1 aromatic heterocycles. The molecule has 0 saturated heterocycles. The molecule has 1 aromatic rings. The Morgan fingerprint density at radius 2 is 2.21 bits per heavy atom. The monoisotopic (exact) mass is 198 g/mol. The van der Waals surface area contributed by atoms with Gasteiger partial charge >= 0.3 is 5.97 Å². The SMILES string of the molecule is CNc1nnc(C)n(CC(=O)O)c1=O. The van der Waals surface area contributed by atoms with E-state index in [9.17, 15) is 9.59 Å². The number of carboxylic acid groups (broad SMARTS) is 1. The van der Waals surface area contributed by atoms with E-state index < -0.39 is 18.1 Å². The summed E-state index contributed by atoms with van der Waals surface area (Å²) in [7, 11) is 1.52. The van der Waals surface area contributed by atoms with Crippen LogP contribution in [0.5, 0.6) is 0 Å². The molecule has 0 atom stereocenters. The van der Waals surface area contributed by atoms with Crippen molar-refractivity contribution in [1.82, 2.24) is 14.8 Å². The molecule has 0 aliphatic heterocycles. The van der Waals surface area contributed by atoms with Gasteiger partial charge in [-0.05, 0) is 6.92 Å². The molecule has 0 spiro atoms. The van der Waals surface area contributed by atoms with E-state index in [1.54, 1.807) is 0 Å². The topological polar surface area (TPSA) is 97.1 Å². The lowest BCUT2D eigenvalue weighted by Gasteiger charge is -2.06. The van der Waals surface area contributed by atoms with Crippen molar-refractivity contribution in [1.29, 1.82) is 0 Å². The Balaban J connectivity index is 3.25. The molecular weight excluding hydrogens is 188 g/mol. The number of hydrogen-bond acceptors (Lipinski definition) is 5. The summed E-state index contributed by atoms with van der Waals surface area (Å²) < 4.78 is 1.04. The van der Waals surface area contributed by atoms with E-state index in [0.717, 1.165) is 4.57 Å². The van der Waals surface area contributed by atoms with E-state index >= 15 is 0 Å². The number of aliphatic carboxylic acids is 1.